The van der Waals surface area contributed by atoms with Crippen LogP contribution >= 0.6 is 58.8 Å². The Labute approximate surface area is 519 Å². The summed E-state index contributed by atoms with van der Waals surface area (Å²) in [6.45, 7) is 10.5. The third-order valence-corrected chi connectivity index (χ3v) is 16.3. The maximum absolute atomic E-state index is 13.0. The van der Waals surface area contributed by atoms with Crippen molar-refractivity contribution in [1.82, 2.24) is 14.7 Å². The molecule has 0 spiro atoms. The lowest BCUT2D eigenvalue weighted by Gasteiger charge is -2.27. The highest BCUT2D eigenvalue weighted by molar-refractivity contribution is 7.99. The van der Waals surface area contributed by atoms with Crippen LogP contribution in [0.1, 0.15) is 79.6 Å². The number of hydrogen-bond acceptors (Lipinski definition) is 28. The Morgan fingerprint density at radius 3 is 0.583 bits per heavy atom. The van der Waals surface area contributed by atoms with E-state index in [-0.39, 0.29) is 190 Å². The minimum absolute atomic E-state index is 0.00518. The summed E-state index contributed by atoms with van der Waals surface area (Å²) in [7, 11) is 0. The van der Waals surface area contributed by atoms with Crippen LogP contribution in [-0.4, -0.2) is 259 Å². The number of carbonyl (C=O) groups is 10. The van der Waals surface area contributed by atoms with Crippen molar-refractivity contribution in [3.05, 3.63) is 0 Å². The molecule has 28 heteroatoms. The Balaban J connectivity index is 6.18. The summed E-state index contributed by atoms with van der Waals surface area (Å²) in [4.78, 5) is 132. The Hall–Kier alpha value is -3.67. The number of rotatable bonds is 53. The first-order valence-corrected chi connectivity index (χ1v) is 35.4. The Morgan fingerprint density at radius 1 is 0.262 bits per heavy atom. The van der Waals surface area contributed by atoms with Crippen LogP contribution in [0.3, 0.4) is 0 Å². The van der Waals surface area contributed by atoms with Crippen LogP contribution < -0.4 is 0 Å². The van der Waals surface area contributed by atoms with E-state index < -0.39 is 29.8 Å². The van der Waals surface area contributed by atoms with Crippen molar-refractivity contribution in [3.8, 4) is 0 Å². The first-order chi connectivity index (χ1) is 40.2. The standard InChI is InChI=1S/C56H97N3O20S5/c1-42(37-80-6)52(65)75-32-27-70-47(60)13-22-57(18-11-20-58(23-14-48(61)71-28-33-76-53(66)43(2)38-81-7)24-15-49(62)72-29-34-77-54(67)44(3)39-82-8)19-12-21-59(25-16-50(63)73-30-35-78-55(68)45(4)40-83-9)26-17-51(64)74-31-36-79-56(69)46(5)41-84-10/h42-46H,11-41H2,1-10H3. The lowest BCUT2D eigenvalue weighted by Crippen LogP contribution is -2.36. The number of ether oxygens (including phenoxy) is 10. The molecule has 0 bridgehead atoms. The molecule has 0 aromatic carbocycles. The second-order valence-electron chi connectivity index (χ2n) is 19.7. The van der Waals surface area contributed by atoms with E-state index in [1.807, 2.05) is 41.1 Å². The maximum Gasteiger partial charge on any atom is 0.309 e. The van der Waals surface area contributed by atoms with Crippen molar-refractivity contribution in [3.63, 3.8) is 0 Å². The molecular formula is C56H97N3O20S5. The molecule has 0 heterocycles. The number of hydrogen-bond donors (Lipinski definition) is 0. The monoisotopic (exact) mass is 1290 g/mol. The molecule has 0 saturated carbocycles. The minimum Gasteiger partial charge on any atom is -0.462 e. The summed E-state index contributed by atoms with van der Waals surface area (Å²) in [6.07, 6.45) is 10.3. The van der Waals surface area contributed by atoms with Crippen LogP contribution in [0.25, 0.3) is 0 Å². The molecule has 0 aliphatic heterocycles. The van der Waals surface area contributed by atoms with E-state index in [1.165, 1.54) is 58.8 Å². The van der Waals surface area contributed by atoms with Crippen LogP contribution in [0.5, 0.6) is 0 Å². The number of carbonyl (C=O) groups excluding carboxylic acids is 10. The van der Waals surface area contributed by atoms with Gasteiger partial charge in [0.2, 0.25) is 0 Å². The van der Waals surface area contributed by atoms with Gasteiger partial charge in [0.15, 0.2) is 0 Å². The van der Waals surface area contributed by atoms with E-state index in [0.717, 1.165) is 0 Å². The summed E-state index contributed by atoms with van der Waals surface area (Å²) in [6, 6.07) is 0. The smallest absolute Gasteiger partial charge is 0.309 e. The third kappa shape index (κ3) is 43.9. The van der Waals surface area contributed by atoms with Crippen molar-refractivity contribution < 1.29 is 95.3 Å². The summed E-state index contributed by atoms with van der Waals surface area (Å²) >= 11 is 7.59. The van der Waals surface area contributed by atoms with Crippen LogP contribution in [-0.2, 0) is 95.3 Å². The Bertz CT molecular complexity index is 1690. The van der Waals surface area contributed by atoms with Crippen LogP contribution in [0.2, 0.25) is 0 Å². The van der Waals surface area contributed by atoms with E-state index in [1.54, 1.807) is 34.6 Å². The first-order valence-electron chi connectivity index (χ1n) is 28.4. The fourth-order valence-electron chi connectivity index (χ4n) is 7.44. The van der Waals surface area contributed by atoms with Crippen LogP contribution in [0.4, 0.5) is 0 Å². The van der Waals surface area contributed by atoms with Gasteiger partial charge in [-0.25, -0.2) is 0 Å². The zero-order valence-electron chi connectivity index (χ0n) is 51.4. The second kappa shape index (κ2) is 52.5. The summed E-state index contributed by atoms with van der Waals surface area (Å²) in [5.74, 6) is -3.12. The lowest BCUT2D eigenvalue weighted by atomic mass is 10.2. The van der Waals surface area contributed by atoms with Gasteiger partial charge in [-0.05, 0) is 70.3 Å². The van der Waals surface area contributed by atoms with Crippen molar-refractivity contribution in [2.75, 3.05) is 185 Å². The van der Waals surface area contributed by atoms with Gasteiger partial charge >= 0.3 is 59.7 Å². The quantitative estimate of drug-likeness (QED) is 0.0438. The summed E-state index contributed by atoms with van der Waals surface area (Å²) in [5.41, 5.74) is 0. The van der Waals surface area contributed by atoms with E-state index >= 15 is 0 Å². The summed E-state index contributed by atoms with van der Waals surface area (Å²) in [5, 5.41) is 0. The van der Waals surface area contributed by atoms with Crippen molar-refractivity contribution in [2.24, 2.45) is 29.6 Å². The van der Waals surface area contributed by atoms with Crippen molar-refractivity contribution in [2.45, 2.75) is 79.6 Å². The van der Waals surface area contributed by atoms with E-state index in [2.05, 4.69) is 4.90 Å². The molecule has 0 aliphatic carbocycles. The molecule has 5 atom stereocenters. The molecule has 0 aromatic rings. The average Bonchev–Trinajstić information content (AvgIpc) is 3.46. The highest BCUT2D eigenvalue weighted by atomic mass is 32.2. The van der Waals surface area contributed by atoms with Gasteiger partial charge in [-0.2, -0.15) is 58.8 Å². The molecule has 0 rings (SSSR count). The van der Waals surface area contributed by atoms with Crippen molar-refractivity contribution in [1.29, 1.82) is 0 Å². The molecule has 84 heavy (non-hydrogen) atoms. The fourth-order valence-corrected chi connectivity index (χ4v) is 10.6. The van der Waals surface area contributed by atoms with E-state index in [4.69, 9.17) is 47.4 Å². The molecule has 486 valence electrons. The Morgan fingerprint density at radius 2 is 0.417 bits per heavy atom. The Kier molecular flexibility index (Phi) is 50.2. The molecule has 5 unspecified atom stereocenters. The van der Waals surface area contributed by atoms with Gasteiger partial charge in [-0.15, -0.1) is 0 Å². The molecular weight excluding hydrogens is 1190 g/mol. The highest BCUT2D eigenvalue weighted by Crippen LogP contribution is 2.12. The number of esters is 10. The highest BCUT2D eigenvalue weighted by Gasteiger charge is 2.21. The zero-order chi connectivity index (χ0) is 62.9. The predicted octanol–water partition coefficient (Wildman–Crippen LogP) is 5.05. The van der Waals surface area contributed by atoms with Crippen molar-refractivity contribution >= 4 is 119 Å². The number of nitrogens with zero attached hydrogens (tertiary/aromatic N) is 3. The molecule has 0 aliphatic rings. The lowest BCUT2D eigenvalue weighted by molar-refractivity contribution is -0.154. The molecule has 0 saturated heterocycles. The van der Waals surface area contributed by atoms with Gasteiger partial charge < -0.3 is 62.1 Å². The largest absolute Gasteiger partial charge is 0.462 e. The predicted molar refractivity (Wildman–Crippen MR) is 329 cm³/mol. The first kappa shape index (κ1) is 80.3. The normalized spacial score (nSPS) is 13.0. The third-order valence-electron chi connectivity index (χ3n) is 12.1. The second-order valence-corrected chi connectivity index (χ2v) is 24.3. The maximum atomic E-state index is 13.0. The molecule has 0 amide bonds. The van der Waals surface area contributed by atoms with Gasteiger partial charge in [0.25, 0.3) is 0 Å². The average molecular weight is 1290 g/mol. The molecule has 23 nitrogen and oxygen atoms in total. The minimum atomic E-state index is -0.529. The van der Waals surface area contributed by atoms with Gasteiger partial charge in [-0.1, -0.05) is 34.6 Å². The molecule has 0 radical (unpaired) electrons. The molecule has 0 fully saturated rings. The molecule has 0 N–H and O–H groups in total. The topological polar surface area (TPSA) is 273 Å². The fraction of sp³-hybridized carbons (Fsp3) is 0.821. The van der Waals surface area contributed by atoms with Crippen LogP contribution in [0, 0.1) is 29.6 Å². The zero-order valence-corrected chi connectivity index (χ0v) is 55.4. The van der Waals surface area contributed by atoms with Crippen LogP contribution in [0.15, 0.2) is 0 Å². The summed E-state index contributed by atoms with van der Waals surface area (Å²) < 4.78 is 53.1. The SMILES string of the molecule is CSCC(C)C(=O)OCCOC(=O)CCN(CCCN(CCC(=O)OCCOC(=O)C(C)CSC)CCC(=O)OCCOC(=O)C(C)CSC)CCCN(CCC(=O)OCCOC(=O)C(C)CSC)CCC(=O)OCCOC(=O)C(C)CSC. The van der Waals surface area contributed by atoms with Gasteiger partial charge in [0.1, 0.15) is 66.1 Å². The van der Waals surface area contributed by atoms with Gasteiger partial charge in [0, 0.05) is 61.5 Å². The number of thioether (sulfide) groups is 5. The molecule has 0 aromatic heterocycles. The van der Waals surface area contributed by atoms with Gasteiger partial charge in [-0.3, -0.25) is 47.9 Å². The van der Waals surface area contributed by atoms with E-state index in [9.17, 15) is 47.9 Å². The van der Waals surface area contributed by atoms with Gasteiger partial charge in [0.05, 0.1) is 61.7 Å². The van der Waals surface area contributed by atoms with E-state index in [0.29, 0.717) is 67.8 Å².